The van der Waals surface area contributed by atoms with Crippen molar-refractivity contribution in [1.82, 2.24) is 10.6 Å². The maximum Gasteiger partial charge on any atom is 0.251 e. The summed E-state index contributed by atoms with van der Waals surface area (Å²) in [6.07, 6.45) is 2.43. The highest BCUT2D eigenvalue weighted by Crippen LogP contribution is 2.23. The van der Waals surface area contributed by atoms with Crippen LogP contribution in [-0.4, -0.2) is 26.0 Å². The van der Waals surface area contributed by atoms with E-state index in [4.69, 9.17) is 0 Å². The summed E-state index contributed by atoms with van der Waals surface area (Å²) in [6.45, 7) is 2.14. The fraction of sp³-hybridized carbons (Fsp3) is 0.462. The average molecular weight is 218 g/mol. The quantitative estimate of drug-likeness (QED) is 0.790. The van der Waals surface area contributed by atoms with Crippen LogP contribution < -0.4 is 10.6 Å². The van der Waals surface area contributed by atoms with Gasteiger partial charge >= 0.3 is 0 Å². The Bertz CT molecular complexity index is 370. The molecule has 0 spiro atoms. The Morgan fingerprint density at radius 2 is 2.38 bits per heavy atom. The van der Waals surface area contributed by atoms with Gasteiger partial charge in [0, 0.05) is 19.2 Å². The molecule has 0 aliphatic carbocycles. The van der Waals surface area contributed by atoms with Crippen LogP contribution in [-0.2, 0) is 0 Å². The van der Waals surface area contributed by atoms with Crippen molar-refractivity contribution >= 4 is 5.91 Å². The van der Waals surface area contributed by atoms with Crippen molar-refractivity contribution in [2.45, 2.75) is 18.8 Å². The molecular formula is C13H18N2O. The van der Waals surface area contributed by atoms with E-state index in [0.29, 0.717) is 5.92 Å². The molecule has 1 aliphatic rings. The second-order valence-corrected chi connectivity index (χ2v) is 4.25. The minimum Gasteiger partial charge on any atom is -0.355 e. The minimum absolute atomic E-state index is 0.00869. The summed E-state index contributed by atoms with van der Waals surface area (Å²) >= 11 is 0. The molecule has 1 aromatic carbocycles. The van der Waals surface area contributed by atoms with E-state index in [1.165, 1.54) is 18.4 Å². The Balaban J connectivity index is 2.17. The fourth-order valence-electron chi connectivity index (χ4n) is 2.21. The monoisotopic (exact) mass is 218 g/mol. The maximum atomic E-state index is 11.5. The summed E-state index contributed by atoms with van der Waals surface area (Å²) in [6, 6.07) is 7.95. The summed E-state index contributed by atoms with van der Waals surface area (Å²) in [5.74, 6) is 0.545. The van der Waals surface area contributed by atoms with Crippen LogP contribution in [0.15, 0.2) is 24.3 Å². The van der Waals surface area contributed by atoms with Gasteiger partial charge in [-0.05, 0) is 43.0 Å². The third-order valence-electron chi connectivity index (χ3n) is 3.14. The van der Waals surface area contributed by atoms with Crippen LogP contribution in [0, 0.1) is 0 Å². The second kappa shape index (κ2) is 5.12. The first-order chi connectivity index (χ1) is 7.81. The first-order valence-electron chi connectivity index (χ1n) is 5.84. The molecule has 1 aliphatic heterocycles. The second-order valence-electron chi connectivity index (χ2n) is 4.25. The third-order valence-corrected chi connectivity index (χ3v) is 3.14. The molecule has 1 amide bonds. The molecular weight excluding hydrogens is 200 g/mol. The number of piperidine rings is 1. The molecule has 0 aromatic heterocycles. The van der Waals surface area contributed by atoms with Crippen LogP contribution in [0.4, 0.5) is 0 Å². The number of carbonyl (C=O) groups is 1. The van der Waals surface area contributed by atoms with Crippen molar-refractivity contribution in [1.29, 1.82) is 0 Å². The van der Waals surface area contributed by atoms with Gasteiger partial charge in [-0.15, -0.1) is 0 Å². The molecule has 0 bridgehead atoms. The zero-order valence-corrected chi connectivity index (χ0v) is 9.62. The summed E-state index contributed by atoms with van der Waals surface area (Å²) in [7, 11) is 1.66. The van der Waals surface area contributed by atoms with Crippen LogP contribution in [0.5, 0.6) is 0 Å². The zero-order valence-electron chi connectivity index (χ0n) is 9.62. The van der Waals surface area contributed by atoms with Gasteiger partial charge in [0.2, 0.25) is 0 Å². The fourth-order valence-corrected chi connectivity index (χ4v) is 2.21. The van der Waals surface area contributed by atoms with Crippen molar-refractivity contribution < 1.29 is 4.79 Å². The Hall–Kier alpha value is -1.35. The lowest BCUT2D eigenvalue weighted by Crippen LogP contribution is -2.28. The van der Waals surface area contributed by atoms with Gasteiger partial charge < -0.3 is 10.6 Å². The molecule has 86 valence electrons. The molecule has 1 unspecified atom stereocenters. The van der Waals surface area contributed by atoms with Crippen molar-refractivity contribution in [2.24, 2.45) is 0 Å². The van der Waals surface area contributed by atoms with Crippen molar-refractivity contribution in [3.8, 4) is 0 Å². The summed E-state index contributed by atoms with van der Waals surface area (Å²) < 4.78 is 0. The summed E-state index contributed by atoms with van der Waals surface area (Å²) in [4.78, 5) is 11.5. The Kier molecular flexibility index (Phi) is 3.57. The normalized spacial score (nSPS) is 20.4. The molecule has 16 heavy (non-hydrogen) atoms. The Morgan fingerprint density at radius 1 is 1.50 bits per heavy atom. The van der Waals surface area contributed by atoms with E-state index in [9.17, 15) is 4.79 Å². The van der Waals surface area contributed by atoms with Crippen LogP contribution in [0.2, 0.25) is 0 Å². The van der Waals surface area contributed by atoms with E-state index in [1.807, 2.05) is 18.2 Å². The molecule has 2 rings (SSSR count). The van der Waals surface area contributed by atoms with Gasteiger partial charge in [-0.1, -0.05) is 12.1 Å². The van der Waals surface area contributed by atoms with Gasteiger partial charge in [0.25, 0.3) is 5.91 Å². The molecule has 1 atom stereocenters. The molecule has 1 saturated heterocycles. The maximum absolute atomic E-state index is 11.5. The highest BCUT2D eigenvalue weighted by atomic mass is 16.1. The third kappa shape index (κ3) is 2.42. The van der Waals surface area contributed by atoms with Crippen molar-refractivity contribution in [3.05, 3.63) is 35.4 Å². The lowest BCUT2D eigenvalue weighted by Gasteiger charge is -2.23. The molecule has 3 heteroatoms. The largest absolute Gasteiger partial charge is 0.355 e. The van der Waals surface area contributed by atoms with Gasteiger partial charge in [0.1, 0.15) is 0 Å². The number of amides is 1. The zero-order chi connectivity index (χ0) is 11.4. The van der Waals surface area contributed by atoms with Gasteiger partial charge in [-0.2, -0.15) is 0 Å². The number of hydrogen-bond donors (Lipinski definition) is 2. The Morgan fingerprint density at radius 3 is 3.06 bits per heavy atom. The van der Waals surface area contributed by atoms with Gasteiger partial charge in [0.05, 0.1) is 0 Å². The first kappa shape index (κ1) is 11.1. The summed E-state index contributed by atoms with van der Waals surface area (Å²) in [5, 5.41) is 6.05. The van der Waals surface area contributed by atoms with Crippen LogP contribution in [0.3, 0.4) is 0 Å². The standard InChI is InChI=1S/C13H18N2O/c1-14-13(16)11-5-2-4-10(8-11)12-6-3-7-15-9-12/h2,4-5,8,12,15H,3,6-7,9H2,1H3,(H,14,16). The van der Waals surface area contributed by atoms with Gasteiger partial charge in [0.15, 0.2) is 0 Å². The lowest BCUT2D eigenvalue weighted by atomic mass is 9.90. The summed E-state index contributed by atoms with van der Waals surface area (Å²) in [5.41, 5.74) is 2.03. The molecule has 1 fully saturated rings. The number of nitrogens with one attached hydrogen (secondary N) is 2. The van der Waals surface area contributed by atoms with Gasteiger partial charge in [-0.3, -0.25) is 4.79 Å². The number of hydrogen-bond acceptors (Lipinski definition) is 2. The van der Waals surface area contributed by atoms with Crippen molar-refractivity contribution in [2.75, 3.05) is 20.1 Å². The smallest absolute Gasteiger partial charge is 0.251 e. The number of carbonyl (C=O) groups excluding carboxylic acids is 1. The van der Waals surface area contributed by atoms with Crippen molar-refractivity contribution in [3.63, 3.8) is 0 Å². The predicted molar refractivity (Wildman–Crippen MR) is 64.7 cm³/mol. The van der Waals surface area contributed by atoms with E-state index in [1.54, 1.807) is 7.05 Å². The van der Waals surface area contributed by atoms with Crippen LogP contribution >= 0.6 is 0 Å². The molecule has 2 N–H and O–H groups in total. The van der Waals surface area contributed by atoms with Crippen LogP contribution in [0.25, 0.3) is 0 Å². The van der Waals surface area contributed by atoms with Crippen LogP contribution in [0.1, 0.15) is 34.7 Å². The molecule has 1 heterocycles. The van der Waals surface area contributed by atoms with E-state index in [0.717, 1.165) is 18.7 Å². The van der Waals surface area contributed by atoms with E-state index >= 15 is 0 Å². The number of benzene rings is 1. The molecule has 1 aromatic rings. The Labute approximate surface area is 96.2 Å². The van der Waals surface area contributed by atoms with E-state index < -0.39 is 0 Å². The average Bonchev–Trinajstić information content (AvgIpc) is 2.39. The van der Waals surface area contributed by atoms with E-state index in [2.05, 4.69) is 16.7 Å². The minimum atomic E-state index is -0.00869. The van der Waals surface area contributed by atoms with Gasteiger partial charge in [-0.25, -0.2) is 0 Å². The first-order valence-corrected chi connectivity index (χ1v) is 5.84. The topological polar surface area (TPSA) is 41.1 Å². The highest BCUT2D eigenvalue weighted by Gasteiger charge is 2.15. The highest BCUT2D eigenvalue weighted by molar-refractivity contribution is 5.94. The van der Waals surface area contributed by atoms with E-state index in [-0.39, 0.29) is 5.91 Å². The molecule has 0 saturated carbocycles. The molecule has 0 radical (unpaired) electrons. The number of rotatable bonds is 2. The predicted octanol–water partition coefficient (Wildman–Crippen LogP) is 1.51. The SMILES string of the molecule is CNC(=O)c1cccc(C2CCCNC2)c1. The molecule has 3 nitrogen and oxygen atoms in total. The lowest BCUT2D eigenvalue weighted by molar-refractivity contribution is 0.0963.